The van der Waals surface area contributed by atoms with E-state index in [0.717, 1.165) is 37.7 Å². The molecule has 2 fully saturated rings. The fourth-order valence-corrected chi connectivity index (χ4v) is 3.75. The molecule has 162 valence electrons. The molecule has 2 bridgehead atoms. The van der Waals surface area contributed by atoms with Crippen LogP contribution in [0.4, 0.5) is 13.2 Å². The molecule has 2 atom stereocenters. The molecule has 2 unspecified atom stereocenters. The van der Waals surface area contributed by atoms with Crippen LogP contribution in [0.5, 0.6) is 0 Å². The average Bonchev–Trinajstić information content (AvgIpc) is 3.44. The Morgan fingerprint density at radius 2 is 1.88 bits per heavy atom. The number of halogens is 3. The number of amides is 1. The Hall–Kier alpha value is -2.31. The summed E-state index contributed by atoms with van der Waals surface area (Å²) in [5.74, 6) is 1.16. The molecule has 0 spiro atoms. The molecule has 10 heteroatoms. The first-order chi connectivity index (χ1) is 14.9. The van der Waals surface area contributed by atoms with E-state index in [-0.39, 0.29) is 43.1 Å². The van der Waals surface area contributed by atoms with Gasteiger partial charge in [-0.2, -0.15) is 31.7 Å². The largest absolute Gasteiger partial charge is 2.00 e. The topological polar surface area (TPSA) is 71.9 Å². The van der Waals surface area contributed by atoms with Crippen LogP contribution in [0.2, 0.25) is 0 Å². The number of carbonyl (C=O) groups is 1. The minimum Gasteiger partial charge on any atom is -0.394 e. The maximum Gasteiger partial charge on any atom is 2.00 e. The Balaban J connectivity index is 0.000000224. The summed E-state index contributed by atoms with van der Waals surface area (Å²) in [5.41, 5.74) is 0.404. The van der Waals surface area contributed by atoms with Gasteiger partial charge in [0.25, 0.3) is 5.91 Å². The summed E-state index contributed by atoms with van der Waals surface area (Å²) < 4.78 is 35.2. The van der Waals surface area contributed by atoms with Crippen molar-refractivity contribution in [1.82, 2.24) is 24.8 Å². The molecule has 1 aliphatic heterocycles. The molecule has 0 radical (unpaired) electrons. The van der Waals surface area contributed by atoms with Gasteiger partial charge in [0.15, 0.2) is 5.82 Å². The summed E-state index contributed by atoms with van der Waals surface area (Å²) in [6.45, 7) is 0.839. The second-order valence-corrected chi connectivity index (χ2v) is 7.24. The predicted octanol–water partition coefficient (Wildman–Crippen LogP) is 3.88. The zero-order valence-electron chi connectivity index (χ0n) is 16.8. The van der Waals surface area contributed by atoms with Crippen molar-refractivity contribution < 1.29 is 49.1 Å². The summed E-state index contributed by atoms with van der Waals surface area (Å²) in [6.07, 6.45) is 8.17. The standard InChI is InChI=1S/C16H15N4O.C6H3F3N.U/c21-16(20-10-11-4-5-12(20)9-11)14-13(3-1-6-17-14)15-18-7-2-8-19-15;7-6(8,9)5-2-1-3-10-4-5;/h1-3,5-8,11-12H,4,9-10H2;1-2,4H;/q2*-1;+2. The number of alkyl halides is 3. The van der Waals surface area contributed by atoms with Gasteiger partial charge < -0.3 is 16.3 Å². The molecule has 1 aliphatic carbocycles. The third-order valence-electron chi connectivity index (χ3n) is 5.19. The Labute approximate surface area is 207 Å². The van der Waals surface area contributed by atoms with Gasteiger partial charge in [-0.1, -0.05) is 30.8 Å². The summed E-state index contributed by atoms with van der Waals surface area (Å²) in [4.78, 5) is 30.7. The van der Waals surface area contributed by atoms with E-state index in [0.29, 0.717) is 23.0 Å². The van der Waals surface area contributed by atoms with Gasteiger partial charge in [-0.05, 0) is 23.8 Å². The molecule has 6 nitrogen and oxygen atoms in total. The molecular formula is C22H18F3N5OU. The maximum absolute atomic E-state index is 12.8. The first-order valence-electron chi connectivity index (χ1n) is 9.69. The third-order valence-corrected chi connectivity index (χ3v) is 5.19. The van der Waals surface area contributed by atoms with Crippen LogP contribution >= 0.6 is 0 Å². The Morgan fingerprint density at radius 1 is 1.12 bits per heavy atom. The number of aromatic nitrogens is 4. The fraction of sp³-hybridized carbons (Fsp3) is 0.273. The monoisotopic (exact) mass is 663 g/mol. The van der Waals surface area contributed by atoms with Crippen LogP contribution in [0.1, 0.15) is 28.9 Å². The van der Waals surface area contributed by atoms with E-state index in [9.17, 15) is 18.0 Å². The molecule has 3 aromatic heterocycles. The average molecular weight is 663 g/mol. The summed E-state index contributed by atoms with van der Waals surface area (Å²) in [6, 6.07) is 7.75. The van der Waals surface area contributed by atoms with E-state index in [1.54, 1.807) is 24.7 Å². The molecule has 32 heavy (non-hydrogen) atoms. The molecule has 0 N–H and O–H groups in total. The van der Waals surface area contributed by atoms with E-state index in [1.807, 2.05) is 17.0 Å². The normalized spacial score (nSPS) is 19.0. The van der Waals surface area contributed by atoms with Gasteiger partial charge in [0.05, 0.1) is 5.56 Å². The van der Waals surface area contributed by atoms with Crippen molar-refractivity contribution in [3.8, 4) is 11.4 Å². The van der Waals surface area contributed by atoms with Crippen molar-refractivity contribution in [2.24, 2.45) is 5.92 Å². The molecule has 4 heterocycles. The van der Waals surface area contributed by atoms with E-state index in [2.05, 4.69) is 32.6 Å². The molecule has 2 aliphatic rings. The number of piperidine rings is 1. The van der Waals surface area contributed by atoms with Gasteiger partial charge in [-0.25, -0.2) is 9.97 Å². The molecule has 1 amide bonds. The second kappa shape index (κ2) is 10.5. The van der Waals surface area contributed by atoms with Gasteiger partial charge in [0.1, 0.15) is 5.69 Å². The van der Waals surface area contributed by atoms with Crippen molar-refractivity contribution in [2.75, 3.05) is 6.54 Å². The van der Waals surface area contributed by atoms with Crippen molar-refractivity contribution in [2.45, 2.75) is 25.1 Å². The molecule has 1 saturated heterocycles. The van der Waals surface area contributed by atoms with Crippen LogP contribution < -0.4 is 0 Å². The molecule has 3 aromatic rings. The Bertz CT molecular complexity index is 1040. The van der Waals surface area contributed by atoms with Crippen molar-refractivity contribution >= 4 is 5.91 Å². The van der Waals surface area contributed by atoms with Gasteiger partial charge in [0.2, 0.25) is 0 Å². The minimum absolute atomic E-state index is 0. The van der Waals surface area contributed by atoms with Crippen LogP contribution in [0.25, 0.3) is 11.4 Å². The smallest absolute Gasteiger partial charge is 0.394 e. The Kier molecular flexibility index (Phi) is 8.01. The molecule has 0 aromatic carbocycles. The van der Waals surface area contributed by atoms with Crippen molar-refractivity contribution in [1.29, 1.82) is 0 Å². The number of carbonyl (C=O) groups excluding carboxylic acids is 1. The molecule has 5 rings (SSSR count). The van der Waals surface area contributed by atoms with Crippen molar-refractivity contribution in [3.63, 3.8) is 0 Å². The molecular weight excluding hydrogens is 645 g/mol. The molecule has 1 saturated carbocycles. The zero-order chi connectivity index (χ0) is 21.8. The number of hydrogen-bond donors (Lipinski definition) is 0. The summed E-state index contributed by atoms with van der Waals surface area (Å²) in [5, 5.41) is 0. The number of pyridine rings is 2. The van der Waals surface area contributed by atoms with Crippen LogP contribution in [0.3, 0.4) is 0 Å². The predicted molar refractivity (Wildman–Crippen MR) is 105 cm³/mol. The van der Waals surface area contributed by atoms with Crippen LogP contribution in [-0.4, -0.2) is 43.3 Å². The van der Waals surface area contributed by atoms with Crippen LogP contribution in [0, 0.1) is 49.6 Å². The summed E-state index contributed by atoms with van der Waals surface area (Å²) >= 11 is 0. The van der Waals surface area contributed by atoms with E-state index in [4.69, 9.17) is 0 Å². The van der Waals surface area contributed by atoms with Gasteiger partial charge in [0, 0.05) is 25.1 Å². The number of rotatable bonds is 2. The minimum atomic E-state index is -4.29. The first-order valence-corrected chi connectivity index (χ1v) is 9.69. The van der Waals surface area contributed by atoms with Crippen molar-refractivity contribution in [3.05, 3.63) is 79.0 Å². The Morgan fingerprint density at radius 3 is 2.44 bits per heavy atom. The number of fused-ring (bicyclic) bond motifs is 2. The second-order valence-electron chi connectivity index (χ2n) is 7.24. The van der Waals surface area contributed by atoms with Crippen LogP contribution in [0.15, 0.2) is 55.1 Å². The quantitative estimate of drug-likeness (QED) is 0.390. The number of hydrogen-bond acceptors (Lipinski definition) is 5. The number of likely N-dealkylation sites (tertiary alicyclic amines) is 1. The van der Waals surface area contributed by atoms with E-state index >= 15 is 0 Å². The maximum atomic E-state index is 12.8. The van der Waals surface area contributed by atoms with Gasteiger partial charge >= 0.3 is 37.3 Å². The van der Waals surface area contributed by atoms with E-state index in [1.165, 1.54) is 0 Å². The van der Waals surface area contributed by atoms with Crippen LogP contribution in [-0.2, 0) is 6.18 Å². The zero-order valence-corrected chi connectivity index (χ0v) is 21.0. The summed E-state index contributed by atoms with van der Waals surface area (Å²) in [7, 11) is 0. The SMILES string of the molecule is FC(F)(F)c1cc[c-]nc1.O=C(c1ncccc1-c1ncccn1)N1CC2C[CH-]C1C2.[U+2]. The van der Waals surface area contributed by atoms with Gasteiger partial charge in [-0.15, -0.1) is 0 Å². The van der Waals surface area contributed by atoms with Gasteiger partial charge in [-0.3, -0.25) is 9.78 Å². The fourth-order valence-electron chi connectivity index (χ4n) is 3.75. The third kappa shape index (κ3) is 5.54. The number of nitrogens with zero attached hydrogens (tertiary/aromatic N) is 5. The van der Waals surface area contributed by atoms with E-state index < -0.39 is 11.7 Å². The first kappa shape index (κ1) is 24.3.